The lowest BCUT2D eigenvalue weighted by molar-refractivity contribution is -0.121. The number of ether oxygens (including phenoxy) is 1. The number of hydrogen-bond acceptors (Lipinski definition) is 4. The minimum absolute atomic E-state index is 0.100. The van der Waals surface area contributed by atoms with Gasteiger partial charge >= 0.3 is 0 Å². The third kappa shape index (κ3) is 4.45. The molecule has 1 N–H and O–H groups in total. The van der Waals surface area contributed by atoms with Crippen LogP contribution in [0.2, 0.25) is 0 Å². The van der Waals surface area contributed by atoms with Crippen molar-refractivity contribution in [1.29, 1.82) is 0 Å². The first-order valence-corrected chi connectivity index (χ1v) is 9.65. The van der Waals surface area contributed by atoms with Gasteiger partial charge in [-0.1, -0.05) is 12.1 Å². The number of halogens is 1. The lowest BCUT2D eigenvalue weighted by Gasteiger charge is -2.30. The van der Waals surface area contributed by atoms with Crippen LogP contribution in [0.25, 0.3) is 0 Å². The molecule has 6 nitrogen and oxygen atoms in total. The topological polar surface area (TPSA) is 75.7 Å². The molecule has 3 aromatic rings. The number of nitrogens with zero attached hydrogens (tertiary/aromatic N) is 1. The maximum Gasteiger partial charge on any atom is 0.265 e. The fraction of sp³-hybridized carbons (Fsp3) is 0.125. The molecule has 4 rings (SSSR count). The molecule has 0 saturated heterocycles. The molecule has 2 amide bonds. The van der Waals surface area contributed by atoms with Crippen molar-refractivity contribution in [3.63, 3.8) is 0 Å². The standard InChI is InChI=1S/C24H19FN2O4/c1-15(28)17-5-10-22-21(12-17)27(23(29)14-31-22)13-16-3-2-4-18(11-16)24(30)26-20-8-6-19(25)7-9-20/h2-12H,13-14H2,1H3,(H,26,30). The van der Waals surface area contributed by atoms with E-state index in [9.17, 15) is 18.8 Å². The van der Waals surface area contributed by atoms with Crippen molar-refractivity contribution in [2.45, 2.75) is 13.5 Å². The molecule has 156 valence electrons. The zero-order valence-corrected chi connectivity index (χ0v) is 16.7. The third-order valence-corrected chi connectivity index (χ3v) is 4.94. The Morgan fingerprint density at radius 3 is 2.55 bits per heavy atom. The lowest BCUT2D eigenvalue weighted by atomic mass is 10.1. The summed E-state index contributed by atoms with van der Waals surface area (Å²) in [5.74, 6) is -0.561. The number of anilines is 2. The van der Waals surface area contributed by atoms with E-state index in [1.165, 1.54) is 31.2 Å². The van der Waals surface area contributed by atoms with Gasteiger partial charge in [-0.25, -0.2) is 4.39 Å². The van der Waals surface area contributed by atoms with Crippen molar-refractivity contribution in [3.05, 3.63) is 89.2 Å². The number of carbonyl (C=O) groups is 3. The molecule has 0 saturated carbocycles. The molecule has 0 radical (unpaired) electrons. The fourth-order valence-electron chi connectivity index (χ4n) is 3.32. The Morgan fingerprint density at radius 2 is 1.81 bits per heavy atom. The molecule has 31 heavy (non-hydrogen) atoms. The van der Waals surface area contributed by atoms with Crippen LogP contribution in [0.5, 0.6) is 5.75 Å². The Kier molecular flexibility index (Phi) is 5.49. The van der Waals surface area contributed by atoms with Crippen LogP contribution < -0.4 is 15.0 Å². The fourth-order valence-corrected chi connectivity index (χ4v) is 3.32. The van der Waals surface area contributed by atoms with Crippen molar-refractivity contribution in [2.75, 3.05) is 16.8 Å². The number of ketones is 1. The minimum atomic E-state index is -0.386. The zero-order valence-electron chi connectivity index (χ0n) is 16.7. The summed E-state index contributed by atoms with van der Waals surface area (Å²) >= 11 is 0. The summed E-state index contributed by atoms with van der Waals surface area (Å²) in [5.41, 5.74) is 2.62. The Hall–Kier alpha value is -4.00. The summed E-state index contributed by atoms with van der Waals surface area (Å²) in [6.07, 6.45) is 0. The van der Waals surface area contributed by atoms with E-state index in [1.807, 2.05) is 6.07 Å². The molecule has 0 atom stereocenters. The van der Waals surface area contributed by atoms with Crippen LogP contribution in [0, 0.1) is 5.82 Å². The van der Waals surface area contributed by atoms with Gasteiger partial charge in [0.05, 0.1) is 12.2 Å². The summed E-state index contributed by atoms with van der Waals surface area (Å²) in [5, 5.41) is 2.72. The van der Waals surface area contributed by atoms with Crippen LogP contribution in [-0.4, -0.2) is 24.2 Å². The summed E-state index contributed by atoms with van der Waals surface area (Å²) in [6.45, 7) is 1.58. The van der Waals surface area contributed by atoms with Crippen molar-refractivity contribution in [2.24, 2.45) is 0 Å². The molecule has 0 unspecified atom stereocenters. The molecule has 3 aromatic carbocycles. The molecule has 0 aromatic heterocycles. The highest BCUT2D eigenvalue weighted by Crippen LogP contribution is 2.34. The van der Waals surface area contributed by atoms with E-state index >= 15 is 0 Å². The van der Waals surface area contributed by atoms with Gasteiger partial charge in [-0.3, -0.25) is 14.4 Å². The van der Waals surface area contributed by atoms with Crippen molar-refractivity contribution in [3.8, 4) is 5.75 Å². The van der Waals surface area contributed by atoms with E-state index in [-0.39, 0.29) is 36.6 Å². The van der Waals surface area contributed by atoms with Crippen molar-refractivity contribution < 1.29 is 23.5 Å². The second-order valence-electron chi connectivity index (χ2n) is 7.17. The molecule has 1 aliphatic rings. The first-order chi connectivity index (χ1) is 14.9. The quantitative estimate of drug-likeness (QED) is 0.630. The number of rotatable bonds is 5. The largest absolute Gasteiger partial charge is 0.482 e. The van der Waals surface area contributed by atoms with Crippen molar-refractivity contribution in [1.82, 2.24) is 0 Å². The molecule has 0 aliphatic carbocycles. The molecule has 1 aliphatic heterocycles. The maximum atomic E-state index is 13.1. The van der Waals surface area contributed by atoms with E-state index in [1.54, 1.807) is 41.3 Å². The third-order valence-electron chi connectivity index (χ3n) is 4.94. The van der Waals surface area contributed by atoms with Gasteiger partial charge < -0.3 is 15.0 Å². The predicted molar refractivity (Wildman–Crippen MR) is 114 cm³/mol. The van der Waals surface area contributed by atoms with Gasteiger partial charge in [0.25, 0.3) is 11.8 Å². The average Bonchev–Trinajstić information content (AvgIpc) is 2.77. The minimum Gasteiger partial charge on any atom is -0.482 e. The van der Waals surface area contributed by atoms with Crippen LogP contribution in [-0.2, 0) is 11.3 Å². The number of Topliss-reactive ketones (excluding diaryl/α,β-unsaturated/α-hetero) is 1. The smallest absolute Gasteiger partial charge is 0.265 e. The SMILES string of the molecule is CC(=O)c1ccc2c(c1)N(Cc1cccc(C(=O)Nc3ccc(F)cc3)c1)C(=O)CO2. The van der Waals surface area contributed by atoms with Gasteiger partial charge in [0.15, 0.2) is 12.4 Å². The molecule has 1 heterocycles. The second kappa shape index (κ2) is 8.39. The van der Waals surface area contributed by atoms with Gasteiger partial charge in [-0.15, -0.1) is 0 Å². The van der Waals surface area contributed by atoms with Crippen molar-refractivity contribution >= 4 is 29.0 Å². The van der Waals surface area contributed by atoms with Crippen LogP contribution in [0.3, 0.4) is 0 Å². The van der Waals surface area contributed by atoms with E-state index in [4.69, 9.17) is 4.74 Å². The monoisotopic (exact) mass is 418 g/mol. The summed E-state index contributed by atoms with van der Waals surface area (Å²) < 4.78 is 18.5. The zero-order chi connectivity index (χ0) is 22.0. The molecule has 7 heteroatoms. The first-order valence-electron chi connectivity index (χ1n) is 9.65. The van der Waals surface area contributed by atoms with Crippen LogP contribution in [0.15, 0.2) is 66.7 Å². The number of hydrogen-bond donors (Lipinski definition) is 1. The summed E-state index contributed by atoms with van der Waals surface area (Å²) in [4.78, 5) is 38.4. The summed E-state index contributed by atoms with van der Waals surface area (Å²) in [6, 6.07) is 17.4. The van der Waals surface area contributed by atoms with Crippen LogP contribution >= 0.6 is 0 Å². The number of benzene rings is 3. The van der Waals surface area contributed by atoms with E-state index < -0.39 is 0 Å². The van der Waals surface area contributed by atoms with Crippen LogP contribution in [0.1, 0.15) is 33.2 Å². The maximum absolute atomic E-state index is 13.1. The molecule has 0 bridgehead atoms. The highest BCUT2D eigenvalue weighted by molar-refractivity contribution is 6.04. The molecule has 0 fully saturated rings. The highest BCUT2D eigenvalue weighted by Gasteiger charge is 2.26. The van der Waals surface area contributed by atoms with Gasteiger partial charge in [0.2, 0.25) is 0 Å². The van der Waals surface area contributed by atoms with E-state index in [2.05, 4.69) is 5.32 Å². The molecule has 0 spiro atoms. The van der Waals surface area contributed by atoms with Gasteiger partial charge in [0, 0.05) is 16.8 Å². The number of amides is 2. The Balaban J connectivity index is 1.57. The van der Waals surface area contributed by atoms with E-state index in [0.717, 1.165) is 5.56 Å². The predicted octanol–water partition coefficient (Wildman–Crippen LogP) is 4.21. The average molecular weight is 418 g/mol. The highest BCUT2D eigenvalue weighted by atomic mass is 19.1. The van der Waals surface area contributed by atoms with E-state index in [0.29, 0.717) is 28.3 Å². The van der Waals surface area contributed by atoms with Gasteiger partial charge in [0.1, 0.15) is 11.6 Å². The van der Waals surface area contributed by atoms with Gasteiger partial charge in [-0.05, 0) is 67.1 Å². The Bertz CT molecular complexity index is 1170. The molecular formula is C24H19FN2O4. The van der Waals surface area contributed by atoms with Crippen LogP contribution in [0.4, 0.5) is 15.8 Å². The normalized spacial score (nSPS) is 12.7. The Morgan fingerprint density at radius 1 is 1.03 bits per heavy atom. The summed E-state index contributed by atoms with van der Waals surface area (Å²) in [7, 11) is 0. The Labute approximate surface area is 178 Å². The van der Waals surface area contributed by atoms with Gasteiger partial charge in [-0.2, -0.15) is 0 Å². The number of nitrogens with one attached hydrogen (secondary N) is 1. The lowest BCUT2D eigenvalue weighted by Crippen LogP contribution is -2.38. The molecular weight excluding hydrogens is 399 g/mol. The first kappa shape index (κ1) is 20.3. The number of fused-ring (bicyclic) bond motifs is 1. The number of carbonyl (C=O) groups excluding carboxylic acids is 3. The second-order valence-corrected chi connectivity index (χ2v) is 7.17.